The standard InChI is InChI=1S/2C6H7.Sm.H/c2*1-6-4-2-3-5-6;;/h2*2,4H,3H2,1H3;;/q2*-1;;-1. The predicted octanol–water partition coefficient (Wildman–Crippen LogP) is 3.50. The molecule has 2 aliphatic carbocycles. The molecule has 0 aromatic rings. The Bertz CT molecular complexity index is 226. The van der Waals surface area contributed by atoms with Crippen LogP contribution in [0.4, 0.5) is 0 Å². The van der Waals surface area contributed by atoms with E-state index in [1.54, 1.807) is 0 Å². The zero-order valence-electron chi connectivity index (χ0n) is 9.13. The Hall–Kier alpha value is 0.298. The van der Waals surface area contributed by atoms with Gasteiger partial charge in [-0.15, -0.1) is 12.8 Å². The van der Waals surface area contributed by atoms with Gasteiger partial charge in [0.05, 0.1) is 0 Å². The van der Waals surface area contributed by atoms with Gasteiger partial charge in [-0.2, -0.15) is 12.2 Å². The van der Waals surface area contributed by atoms with Gasteiger partial charge in [-0.1, -0.05) is 13.8 Å². The van der Waals surface area contributed by atoms with Crippen LogP contribution < -0.4 is 0 Å². The molecular weight excluding hydrogens is 294 g/mol. The van der Waals surface area contributed by atoms with Crippen molar-refractivity contribution in [1.82, 2.24) is 0 Å². The molecule has 0 aliphatic heterocycles. The molecule has 0 saturated heterocycles. The molecule has 0 fully saturated rings. The van der Waals surface area contributed by atoms with Crippen LogP contribution in [0.5, 0.6) is 0 Å². The zero-order valence-corrected chi connectivity index (χ0v) is 10.8. The van der Waals surface area contributed by atoms with Crippen LogP contribution in [0.25, 0.3) is 0 Å². The summed E-state index contributed by atoms with van der Waals surface area (Å²) >= 11 is 0. The maximum atomic E-state index is 3.12. The minimum Gasteiger partial charge on any atom is -1.00 e. The molecule has 72 valence electrons. The minimum atomic E-state index is 0. The summed E-state index contributed by atoms with van der Waals surface area (Å²) in [4.78, 5) is 0. The van der Waals surface area contributed by atoms with Crippen molar-refractivity contribution < 1.29 is 41.8 Å². The molecule has 13 heavy (non-hydrogen) atoms. The SMILES string of the molecule is CC1=[C-]CC=C1.CC1=[C-]CC=C1.[H-].[Sm]. The van der Waals surface area contributed by atoms with Crippen LogP contribution in [-0.4, -0.2) is 0 Å². The fraction of sp³-hybridized carbons (Fsp3) is 0.333. The molecule has 0 saturated carbocycles. The quantitative estimate of drug-likeness (QED) is 0.601. The van der Waals surface area contributed by atoms with E-state index in [9.17, 15) is 0 Å². The van der Waals surface area contributed by atoms with Gasteiger partial charge in [0.2, 0.25) is 0 Å². The maximum Gasteiger partial charge on any atom is 0 e. The molecule has 0 aromatic carbocycles. The first-order chi connectivity index (χ1) is 5.79. The van der Waals surface area contributed by atoms with Gasteiger partial charge in [-0.3, -0.25) is 12.2 Å². The second kappa shape index (κ2) is 7.68. The van der Waals surface area contributed by atoms with Gasteiger partial charge in [0.1, 0.15) is 0 Å². The molecule has 2 aliphatic rings. The maximum absolute atomic E-state index is 3.12. The molecule has 0 bridgehead atoms. The van der Waals surface area contributed by atoms with Gasteiger partial charge >= 0.3 is 0 Å². The first-order valence-electron chi connectivity index (χ1n) is 4.27. The van der Waals surface area contributed by atoms with Gasteiger partial charge in [0.15, 0.2) is 0 Å². The van der Waals surface area contributed by atoms with E-state index in [4.69, 9.17) is 0 Å². The molecule has 0 nitrogen and oxygen atoms in total. The third-order valence-corrected chi connectivity index (χ3v) is 1.73. The summed E-state index contributed by atoms with van der Waals surface area (Å²) in [5.74, 6) is 0. The van der Waals surface area contributed by atoms with Crippen molar-refractivity contribution in [2.75, 3.05) is 0 Å². The molecule has 0 spiro atoms. The summed E-state index contributed by atoms with van der Waals surface area (Å²) in [6.45, 7) is 4.12. The van der Waals surface area contributed by atoms with E-state index in [1.807, 2.05) is 0 Å². The van der Waals surface area contributed by atoms with E-state index in [2.05, 4.69) is 50.3 Å². The average Bonchev–Trinajstić information content (AvgIpc) is 2.63. The van der Waals surface area contributed by atoms with Crippen LogP contribution in [0.2, 0.25) is 0 Å². The first kappa shape index (κ1) is 13.3. The van der Waals surface area contributed by atoms with Crippen molar-refractivity contribution in [3.8, 4) is 0 Å². The molecule has 0 aromatic heterocycles. The van der Waals surface area contributed by atoms with Crippen molar-refractivity contribution in [2.24, 2.45) is 0 Å². The molecule has 0 unspecified atom stereocenters. The second-order valence-corrected chi connectivity index (χ2v) is 2.93. The third kappa shape index (κ3) is 6.38. The normalized spacial score (nSPS) is 17.1. The van der Waals surface area contributed by atoms with E-state index in [-0.39, 0.29) is 41.8 Å². The summed E-state index contributed by atoms with van der Waals surface area (Å²) in [5.41, 5.74) is 2.55. The minimum absolute atomic E-state index is 0. The van der Waals surface area contributed by atoms with Crippen molar-refractivity contribution in [1.29, 1.82) is 0 Å². The Balaban J connectivity index is 0. The molecule has 1 heteroatoms. The second-order valence-electron chi connectivity index (χ2n) is 2.93. The number of hydrogen-bond donors (Lipinski definition) is 0. The van der Waals surface area contributed by atoms with E-state index in [0.717, 1.165) is 12.8 Å². The summed E-state index contributed by atoms with van der Waals surface area (Å²) in [6, 6.07) is 0. The van der Waals surface area contributed by atoms with E-state index in [1.165, 1.54) is 11.1 Å². The number of rotatable bonds is 0. The van der Waals surface area contributed by atoms with Gasteiger partial charge < -0.3 is 1.43 Å². The molecule has 0 radical (unpaired) electrons. The fourth-order valence-electron chi connectivity index (χ4n) is 1.03. The van der Waals surface area contributed by atoms with Gasteiger partial charge in [-0.05, 0) is 0 Å². The molecule has 0 amide bonds. The number of allylic oxidation sites excluding steroid dienone is 8. The predicted molar refractivity (Wildman–Crippen MR) is 53.5 cm³/mol. The molecule has 0 heterocycles. The van der Waals surface area contributed by atoms with Crippen molar-refractivity contribution in [2.45, 2.75) is 26.7 Å². The Labute approximate surface area is 115 Å². The van der Waals surface area contributed by atoms with Gasteiger partial charge in [0.25, 0.3) is 0 Å². The van der Waals surface area contributed by atoms with E-state index < -0.39 is 0 Å². The summed E-state index contributed by atoms with van der Waals surface area (Å²) in [5, 5.41) is 0. The smallest absolute Gasteiger partial charge is 0 e. The molecule has 0 atom stereocenters. The van der Waals surface area contributed by atoms with Crippen molar-refractivity contribution >= 4 is 0 Å². The number of hydrogen-bond acceptors (Lipinski definition) is 0. The van der Waals surface area contributed by atoms with Crippen LogP contribution in [-0.2, 0) is 0 Å². The first-order valence-corrected chi connectivity index (χ1v) is 4.27. The fourth-order valence-corrected chi connectivity index (χ4v) is 1.03. The van der Waals surface area contributed by atoms with Crippen LogP contribution in [0.15, 0.2) is 35.5 Å². The van der Waals surface area contributed by atoms with E-state index in [0.29, 0.717) is 0 Å². The van der Waals surface area contributed by atoms with Crippen LogP contribution in [0.3, 0.4) is 0 Å². The van der Waals surface area contributed by atoms with Gasteiger partial charge in [-0.25, -0.2) is 23.3 Å². The van der Waals surface area contributed by atoms with Crippen LogP contribution in [0.1, 0.15) is 28.1 Å². The molecule has 0 N–H and O–H groups in total. The van der Waals surface area contributed by atoms with Crippen molar-refractivity contribution in [3.05, 3.63) is 47.6 Å². The average molecular weight is 310 g/mol. The largest absolute Gasteiger partial charge is 1.00 e. The molecule has 2 rings (SSSR count). The summed E-state index contributed by atoms with van der Waals surface area (Å²) in [6.07, 6.45) is 16.7. The summed E-state index contributed by atoms with van der Waals surface area (Å²) in [7, 11) is 0. The summed E-state index contributed by atoms with van der Waals surface area (Å²) < 4.78 is 0. The topological polar surface area (TPSA) is 0 Å². The van der Waals surface area contributed by atoms with E-state index >= 15 is 0 Å². The monoisotopic (exact) mass is 311 g/mol. The Morgan fingerprint density at radius 1 is 1.00 bits per heavy atom. The van der Waals surface area contributed by atoms with Gasteiger partial charge in [0, 0.05) is 40.4 Å². The Morgan fingerprint density at radius 3 is 1.46 bits per heavy atom. The molecular formula is C12H15Sm-3. The van der Waals surface area contributed by atoms with Crippen molar-refractivity contribution in [3.63, 3.8) is 0 Å². The Morgan fingerprint density at radius 2 is 1.38 bits per heavy atom. The third-order valence-electron chi connectivity index (χ3n) is 1.73. The Kier molecular flexibility index (Phi) is 7.85. The zero-order chi connectivity index (χ0) is 8.81. The van der Waals surface area contributed by atoms with Crippen LogP contribution >= 0.6 is 0 Å². The van der Waals surface area contributed by atoms with Crippen LogP contribution in [0, 0.1) is 52.5 Å².